The molecule has 0 heterocycles. The summed E-state index contributed by atoms with van der Waals surface area (Å²) in [7, 11) is 0. The summed E-state index contributed by atoms with van der Waals surface area (Å²) in [6.07, 6.45) is 15.9. The van der Waals surface area contributed by atoms with E-state index in [1.165, 1.54) is 24.3 Å². The zero-order valence-electron chi connectivity index (χ0n) is 19.3. The van der Waals surface area contributed by atoms with Gasteiger partial charge in [-0.1, -0.05) is 37.1 Å². The minimum Gasteiger partial charge on any atom is -0.208 e. The maximum atomic E-state index is 12.8. The number of hydrogen-bond donors (Lipinski definition) is 0. The second kappa shape index (κ2) is 16.8. The van der Waals surface area contributed by atoms with Gasteiger partial charge >= 0.3 is 70.8 Å². The van der Waals surface area contributed by atoms with E-state index >= 15 is 0 Å². The normalized spacial score (nSPS) is 12.6. The van der Waals surface area contributed by atoms with Crippen LogP contribution in [0.3, 0.4) is 0 Å². The third-order valence-electron chi connectivity index (χ3n) is 4.87. The molecule has 0 nitrogen and oxygen atoms in total. The van der Waals surface area contributed by atoms with Crippen LogP contribution in [0.1, 0.15) is 24.0 Å². The Morgan fingerprint density at radius 3 is 1.46 bits per heavy atom. The summed E-state index contributed by atoms with van der Waals surface area (Å²) in [6.45, 7) is 2.35. The molecular formula is C29H26Cl2F2SiZr. The Kier molecular flexibility index (Phi) is 14.9. The van der Waals surface area contributed by atoms with Gasteiger partial charge in [-0.05, 0) is 12.1 Å². The molecule has 0 aromatic heterocycles. The van der Waals surface area contributed by atoms with Crippen molar-refractivity contribution in [2.45, 2.75) is 19.4 Å². The predicted molar refractivity (Wildman–Crippen MR) is 146 cm³/mol. The molecular weight excluding hydrogens is 577 g/mol. The molecule has 3 aromatic carbocycles. The van der Waals surface area contributed by atoms with Crippen molar-refractivity contribution in [2.24, 2.45) is 0 Å². The molecule has 2 aliphatic rings. The number of benzene rings is 3. The van der Waals surface area contributed by atoms with E-state index in [-0.39, 0.29) is 41.9 Å². The van der Waals surface area contributed by atoms with Gasteiger partial charge in [0, 0.05) is 0 Å². The Morgan fingerprint density at radius 1 is 0.686 bits per heavy atom. The van der Waals surface area contributed by atoms with Crippen LogP contribution in [-0.4, -0.2) is 5.43 Å². The van der Waals surface area contributed by atoms with Crippen LogP contribution >= 0.6 is 24.8 Å². The molecule has 0 atom stereocenters. The van der Waals surface area contributed by atoms with Crippen molar-refractivity contribution in [1.82, 2.24) is 0 Å². The van der Waals surface area contributed by atoms with Crippen LogP contribution < -0.4 is 5.19 Å². The zero-order valence-corrected chi connectivity index (χ0v) is 24.4. The van der Waals surface area contributed by atoms with E-state index in [1.807, 2.05) is 36.4 Å². The fraction of sp³-hybridized carbons (Fsp3) is 0.103. The Labute approximate surface area is 234 Å². The Bertz CT molecular complexity index is 1150. The van der Waals surface area contributed by atoms with Crippen LogP contribution in [0.5, 0.6) is 0 Å². The van der Waals surface area contributed by atoms with Gasteiger partial charge in [0.2, 0.25) is 0 Å². The number of allylic oxidation sites excluding steroid dienone is 8. The van der Waals surface area contributed by atoms with Crippen LogP contribution in [-0.2, 0) is 23.3 Å². The first-order valence-corrected chi connectivity index (χ1v) is 16.4. The van der Waals surface area contributed by atoms with Gasteiger partial charge in [-0.3, -0.25) is 0 Å². The van der Waals surface area contributed by atoms with E-state index < -0.39 is 0 Å². The first-order valence-electron chi connectivity index (χ1n) is 10.7. The number of halogens is 4. The second-order valence-electron chi connectivity index (χ2n) is 7.41. The molecule has 0 unspecified atom stereocenters. The predicted octanol–water partition coefficient (Wildman–Crippen LogP) is 7.85. The first-order chi connectivity index (χ1) is 16.0. The molecule has 0 saturated heterocycles. The minimum atomic E-state index is -0.192. The summed E-state index contributed by atoms with van der Waals surface area (Å²) >= 11 is 1.69. The van der Waals surface area contributed by atoms with Gasteiger partial charge in [0.25, 0.3) is 0 Å². The quantitative estimate of drug-likeness (QED) is 0.212. The second-order valence-corrected chi connectivity index (χ2v) is 14.8. The van der Waals surface area contributed by atoms with Gasteiger partial charge in [0.15, 0.2) is 0 Å². The molecule has 178 valence electrons. The smallest absolute Gasteiger partial charge is 0.111 e. The molecule has 3 aromatic rings. The zero-order chi connectivity index (χ0) is 23.5. The summed E-state index contributed by atoms with van der Waals surface area (Å²) < 4.78 is 25.5. The van der Waals surface area contributed by atoms with Crippen molar-refractivity contribution in [2.75, 3.05) is 0 Å². The summed E-state index contributed by atoms with van der Waals surface area (Å²) in [5.74, 6) is -0.385. The molecule has 0 aliphatic heterocycles. The number of rotatable bonds is 3. The van der Waals surface area contributed by atoms with Crippen molar-refractivity contribution in [3.8, 4) is 0 Å². The molecule has 6 heteroatoms. The van der Waals surface area contributed by atoms with E-state index in [1.54, 1.807) is 40.7 Å². The summed E-state index contributed by atoms with van der Waals surface area (Å²) in [6, 6.07) is 23.9. The third kappa shape index (κ3) is 10.8. The molecule has 0 spiro atoms. The van der Waals surface area contributed by atoms with Gasteiger partial charge in [0.1, 0.15) is 11.6 Å². The Hall–Kier alpha value is -1.84. The van der Waals surface area contributed by atoms with Gasteiger partial charge in [-0.25, -0.2) is 8.78 Å². The van der Waals surface area contributed by atoms with Crippen LogP contribution in [0, 0.1) is 23.8 Å². The summed E-state index contributed by atoms with van der Waals surface area (Å²) in [5.41, 5.74) is 3.68. The average Bonchev–Trinajstić information content (AvgIpc) is 3.55. The largest absolute Gasteiger partial charge is 0.208 e. The van der Waals surface area contributed by atoms with Gasteiger partial charge in [-0.15, -0.1) is 60.2 Å². The molecule has 0 bridgehead atoms. The molecule has 0 amide bonds. The van der Waals surface area contributed by atoms with Crippen molar-refractivity contribution in [3.63, 3.8) is 0 Å². The van der Waals surface area contributed by atoms with E-state index in [9.17, 15) is 8.78 Å². The fourth-order valence-electron chi connectivity index (χ4n) is 3.21. The average molecular weight is 603 g/mol. The first kappa shape index (κ1) is 31.2. The van der Waals surface area contributed by atoms with Crippen molar-refractivity contribution >= 4 is 46.6 Å². The molecule has 0 fully saturated rings. The monoisotopic (exact) mass is 600 g/mol. The van der Waals surface area contributed by atoms with Crippen LogP contribution in [0.2, 0.25) is 6.55 Å². The fourth-order valence-corrected chi connectivity index (χ4v) is 5.13. The van der Waals surface area contributed by atoms with Crippen LogP contribution in [0.15, 0.2) is 103 Å². The molecule has 0 N–H and O–H groups in total. The maximum absolute atomic E-state index is 12.8. The van der Waals surface area contributed by atoms with Crippen LogP contribution in [0.4, 0.5) is 8.78 Å². The molecule has 2 aliphatic carbocycles. The summed E-state index contributed by atoms with van der Waals surface area (Å²) in [5, 5.41) is 1.56. The van der Waals surface area contributed by atoms with Crippen molar-refractivity contribution < 1.29 is 32.1 Å². The van der Waals surface area contributed by atoms with Crippen molar-refractivity contribution in [3.05, 3.63) is 138 Å². The summed E-state index contributed by atoms with van der Waals surface area (Å²) in [4.78, 5) is 0. The Balaban J connectivity index is 0.000000258. The maximum Gasteiger partial charge on any atom is 0.111 e. The topological polar surface area (TPSA) is 0 Å². The minimum absolute atomic E-state index is 0. The third-order valence-corrected chi connectivity index (χ3v) is 8.20. The van der Waals surface area contributed by atoms with Crippen molar-refractivity contribution in [1.29, 1.82) is 0 Å². The van der Waals surface area contributed by atoms with Gasteiger partial charge in [0.05, 0.1) is 0 Å². The van der Waals surface area contributed by atoms with Crippen LogP contribution in [0.25, 0.3) is 11.1 Å². The van der Waals surface area contributed by atoms with E-state index in [4.69, 9.17) is 0 Å². The molecule has 5 rings (SSSR count). The van der Waals surface area contributed by atoms with Gasteiger partial charge < -0.3 is 0 Å². The molecule has 35 heavy (non-hydrogen) atoms. The van der Waals surface area contributed by atoms with E-state index in [0.29, 0.717) is 0 Å². The standard InChI is InChI=1S/2C11H8F.C7H8Si.2ClH.Zr/c2*12-11-7-3-6-10(8-11)9-4-1-2-5-9;1-8-7-5-3-2-4-6-7;;;/h2*1,3-4,6-8H,2H2;2-6H,1H3;2*1H;/q2*-1;;;;+2. The van der Waals surface area contributed by atoms with E-state index in [0.717, 1.165) is 35.1 Å². The SMILES string of the molecule is C[Si](=[Zr+2])c1ccccc1.Cl.Cl.Fc1cccc(C2=[C-]CC=C2)c1.Fc1cccc(C2=[C-]CC=C2)c1. The molecule has 0 saturated carbocycles. The number of hydrogen-bond acceptors (Lipinski definition) is 0. The molecule has 0 radical (unpaired) electrons. The van der Waals surface area contributed by atoms with Gasteiger partial charge in [-0.2, -0.15) is 35.5 Å². The van der Waals surface area contributed by atoms with E-state index in [2.05, 4.69) is 49.0 Å². The Morgan fingerprint density at radius 2 is 1.14 bits per heavy atom.